The number of nitrogen functional groups attached to an aromatic ring is 1. The van der Waals surface area contributed by atoms with Crippen molar-refractivity contribution in [1.82, 2.24) is 9.97 Å². The van der Waals surface area contributed by atoms with Crippen molar-refractivity contribution in [1.29, 1.82) is 0 Å². The fourth-order valence-corrected chi connectivity index (χ4v) is 2.76. The Labute approximate surface area is 119 Å². The smallest absolute Gasteiger partial charge is 0.267 e. The van der Waals surface area contributed by atoms with E-state index in [1.807, 2.05) is 24.3 Å². The molecule has 5 nitrogen and oxygen atoms in total. The minimum atomic E-state index is -0.201. The molecule has 1 amide bonds. The molecule has 0 radical (unpaired) electrons. The Morgan fingerprint density at radius 3 is 2.95 bits per heavy atom. The minimum absolute atomic E-state index is 0.201. The molecule has 0 atom stereocenters. The van der Waals surface area contributed by atoms with Crippen molar-refractivity contribution in [3.8, 4) is 0 Å². The number of thiazole rings is 1. The van der Waals surface area contributed by atoms with Gasteiger partial charge in [0.15, 0.2) is 5.13 Å². The van der Waals surface area contributed by atoms with Gasteiger partial charge >= 0.3 is 0 Å². The normalized spacial score (nSPS) is 10.7. The zero-order chi connectivity index (χ0) is 14.1. The van der Waals surface area contributed by atoms with Gasteiger partial charge in [-0.05, 0) is 24.4 Å². The summed E-state index contributed by atoms with van der Waals surface area (Å²) < 4.78 is 0. The van der Waals surface area contributed by atoms with Crippen LogP contribution in [0, 0.1) is 6.92 Å². The van der Waals surface area contributed by atoms with E-state index in [0.717, 1.165) is 16.5 Å². The molecule has 0 saturated carbocycles. The van der Waals surface area contributed by atoms with Gasteiger partial charge in [0.1, 0.15) is 4.88 Å². The average molecular weight is 284 g/mol. The maximum Gasteiger partial charge on any atom is 0.267 e. The molecule has 0 aliphatic rings. The van der Waals surface area contributed by atoms with Gasteiger partial charge in [-0.2, -0.15) is 0 Å². The molecule has 0 fully saturated rings. The number of fused-ring (bicyclic) bond motifs is 1. The second-order valence-electron chi connectivity index (χ2n) is 4.32. The number of nitrogens with zero attached hydrogens (tertiary/aromatic N) is 2. The summed E-state index contributed by atoms with van der Waals surface area (Å²) in [6.45, 7) is 1.77. The number of hydrogen-bond acceptors (Lipinski definition) is 5. The molecule has 1 aromatic carbocycles. The molecule has 0 aliphatic carbocycles. The first-order valence-corrected chi connectivity index (χ1v) is 6.84. The minimum Gasteiger partial charge on any atom is -0.375 e. The summed E-state index contributed by atoms with van der Waals surface area (Å²) in [7, 11) is 0. The van der Waals surface area contributed by atoms with Gasteiger partial charge in [0, 0.05) is 17.8 Å². The predicted octanol–water partition coefficient (Wildman–Crippen LogP) is 2.83. The second kappa shape index (κ2) is 4.90. The Hall–Kier alpha value is -2.47. The number of aryl methyl sites for hydroxylation is 1. The highest BCUT2D eigenvalue weighted by Crippen LogP contribution is 2.25. The lowest BCUT2D eigenvalue weighted by atomic mass is 10.1. The van der Waals surface area contributed by atoms with Crippen molar-refractivity contribution in [3.63, 3.8) is 0 Å². The van der Waals surface area contributed by atoms with Crippen LogP contribution in [-0.4, -0.2) is 15.9 Å². The van der Waals surface area contributed by atoms with Crippen LogP contribution in [0.25, 0.3) is 10.8 Å². The van der Waals surface area contributed by atoms with Crippen molar-refractivity contribution in [2.24, 2.45) is 0 Å². The van der Waals surface area contributed by atoms with Gasteiger partial charge in [-0.1, -0.05) is 23.5 Å². The van der Waals surface area contributed by atoms with Crippen LogP contribution in [-0.2, 0) is 0 Å². The first-order valence-electron chi connectivity index (χ1n) is 6.02. The number of benzene rings is 1. The Balaban J connectivity index is 1.97. The van der Waals surface area contributed by atoms with Crippen LogP contribution in [0.3, 0.4) is 0 Å². The lowest BCUT2D eigenvalue weighted by Crippen LogP contribution is -2.11. The summed E-state index contributed by atoms with van der Waals surface area (Å²) in [5, 5.41) is 5.21. The van der Waals surface area contributed by atoms with Gasteiger partial charge < -0.3 is 11.1 Å². The summed E-state index contributed by atoms with van der Waals surface area (Å²) in [5.74, 6) is -0.201. The molecule has 20 heavy (non-hydrogen) atoms. The summed E-state index contributed by atoms with van der Waals surface area (Å²) in [6.07, 6.45) is 3.46. The highest BCUT2D eigenvalue weighted by atomic mass is 32.1. The zero-order valence-electron chi connectivity index (χ0n) is 10.8. The highest BCUT2D eigenvalue weighted by molar-refractivity contribution is 7.17. The first kappa shape index (κ1) is 12.6. The molecule has 100 valence electrons. The number of nitrogens with two attached hydrogens (primary N) is 1. The van der Waals surface area contributed by atoms with E-state index in [4.69, 9.17) is 5.73 Å². The molecule has 0 bridgehead atoms. The van der Waals surface area contributed by atoms with Gasteiger partial charge in [-0.3, -0.25) is 9.78 Å². The van der Waals surface area contributed by atoms with Crippen LogP contribution in [0.5, 0.6) is 0 Å². The van der Waals surface area contributed by atoms with E-state index in [9.17, 15) is 4.79 Å². The third kappa shape index (κ3) is 2.21. The van der Waals surface area contributed by atoms with E-state index in [1.54, 1.807) is 19.3 Å². The Morgan fingerprint density at radius 1 is 1.35 bits per heavy atom. The van der Waals surface area contributed by atoms with Crippen LogP contribution in [0.4, 0.5) is 10.8 Å². The topological polar surface area (TPSA) is 80.9 Å². The zero-order valence-corrected chi connectivity index (χ0v) is 11.6. The first-order chi connectivity index (χ1) is 9.65. The monoisotopic (exact) mass is 284 g/mol. The number of amides is 1. The Morgan fingerprint density at radius 2 is 2.20 bits per heavy atom. The fraction of sp³-hybridized carbons (Fsp3) is 0.0714. The number of rotatable bonds is 2. The molecule has 0 spiro atoms. The van der Waals surface area contributed by atoms with Gasteiger partial charge in [-0.15, -0.1) is 0 Å². The van der Waals surface area contributed by atoms with Crippen molar-refractivity contribution in [2.75, 3.05) is 11.1 Å². The van der Waals surface area contributed by atoms with Crippen LogP contribution < -0.4 is 11.1 Å². The molecular weight excluding hydrogens is 272 g/mol. The van der Waals surface area contributed by atoms with Gasteiger partial charge in [-0.25, -0.2) is 4.98 Å². The van der Waals surface area contributed by atoms with E-state index in [0.29, 0.717) is 15.7 Å². The van der Waals surface area contributed by atoms with Crippen LogP contribution in [0.15, 0.2) is 36.7 Å². The Kier molecular flexibility index (Phi) is 3.08. The van der Waals surface area contributed by atoms with E-state index < -0.39 is 0 Å². The SMILES string of the molecule is Cc1nc(N)sc1C(=O)Nc1cccc2ccncc12. The van der Waals surface area contributed by atoms with Gasteiger partial charge in [0.05, 0.1) is 11.4 Å². The fourth-order valence-electron chi connectivity index (χ4n) is 2.03. The quantitative estimate of drug-likeness (QED) is 0.758. The Bertz CT molecular complexity index is 791. The van der Waals surface area contributed by atoms with Crippen molar-refractivity contribution in [2.45, 2.75) is 6.92 Å². The number of nitrogens with one attached hydrogen (secondary N) is 1. The molecule has 0 unspecified atom stereocenters. The second-order valence-corrected chi connectivity index (χ2v) is 5.35. The lowest BCUT2D eigenvalue weighted by molar-refractivity contribution is 0.103. The van der Waals surface area contributed by atoms with Crippen LogP contribution in [0.1, 0.15) is 15.4 Å². The summed E-state index contributed by atoms with van der Waals surface area (Å²) in [6, 6.07) is 7.62. The molecule has 2 aromatic heterocycles. The number of aromatic nitrogens is 2. The van der Waals surface area contributed by atoms with Gasteiger partial charge in [0.25, 0.3) is 5.91 Å². The number of anilines is 2. The third-order valence-corrected chi connectivity index (χ3v) is 3.94. The maximum absolute atomic E-state index is 12.3. The molecule has 3 N–H and O–H groups in total. The number of pyridine rings is 1. The molecule has 6 heteroatoms. The molecule has 0 saturated heterocycles. The van der Waals surface area contributed by atoms with E-state index in [-0.39, 0.29) is 5.91 Å². The number of hydrogen-bond donors (Lipinski definition) is 2. The summed E-state index contributed by atoms with van der Waals surface area (Å²) >= 11 is 1.19. The van der Waals surface area contributed by atoms with E-state index in [1.165, 1.54) is 11.3 Å². The predicted molar refractivity (Wildman–Crippen MR) is 81.0 cm³/mol. The highest BCUT2D eigenvalue weighted by Gasteiger charge is 2.15. The molecule has 2 heterocycles. The maximum atomic E-state index is 12.3. The molecular formula is C14H12N4OS. The standard InChI is InChI=1S/C14H12N4OS/c1-8-12(20-14(15)17-8)13(19)18-11-4-2-3-9-5-6-16-7-10(9)11/h2-7H,1H3,(H2,15,17)(H,18,19). The largest absolute Gasteiger partial charge is 0.375 e. The third-order valence-electron chi connectivity index (χ3n) is 2.95. The molecule has 0 aliphatic heterocycles. The van der Waals surface area contributed by atoms with E-state index in [2.05, 4.69) is 15.3 Å². The van der Waals surface area contributed by atoms with Crippen molar-refractivity contribution >= 4 is 38.8 Å². The summed E-state index contributed by atoms with van der Waals surface area (Å²) in [4.78, 5) is 21.0. The lowest BCUT2D eigenvalue weighted by Gasteiger charge is -2.07. The van der Waals surface area contributed by atoms with Crippen molar-refractivity contribution in [3.05, 3.63) is 47.2 Å². The van der Waals surface area contributed by atoms with E-state index >= 15 is 0 Å². The average Bonchev–Trinajstić information content (AvgIpc) is 2.78. The van der Waals surface area contributed by atoms with Crippen LogP contribution in [0.2, 0.25) is 0 Å². The van der Waals surface area contributed by atoms with Crippen LogP contribution >= 0.6 is 11.3 Å². The molecule has 3 aromatic rings. The number of carbonyl (C=O) groups excluding carboxylic acids is 1. The number of carbonyl (C=O) groups is 1. The summed E-state index contributed by atoms with van der Waals surface area (Å²) in [5.41, 5.74) is 6.99. The molecule has 3 rings (SSSR count). The van der Waals surface area contributed by atoms with Crippen molar-refractivity contribution < 1.29 is 4.79 Å². The van der Waals surface area contributed by atoms with Gasteiger partial charge in [0.2, 0.25) is 0 Å².